The smallest absolute Gasteiger partial charge is 0.373 e. The quantitative estimate of drug-likeness (QED) is 0.312. The standard InChI is InChI=1S/C7H17BN2O3/c1-8(13)10-5-3-2-4-6(9)7(11)12/h6,10,13H,2-5,9H2,1H3,(H,11,12). The van der Waals surface area contributed by atoms with E-state index in [-0.39, 0.29) is 0 Å². The molecule has 1 atom stereocenters. The molecule has 0 saturated heterocycles. The Morgan fingerprint density at radius 1 is 1.62 bits per heavy atom. The summed E-state index contributed by atoms with van der Waals surface area (Å²) in [5.74, 6) is -0.955. The van der Waals surface area contributed by atoms with E-state index in [4.69, 9.17) is 15.9 Å². The molecule has 13 heavy (non-hydrogen) atoms. The molecule has 5 N–H and O–H groups in total. The molecule has 5 nitrogen and oxygen atoms in total. The molecule has 0 aromatic heterocycles. The van der Waals surface area contributed by atoms with Gasteiger partial charge < -0.3 is 21.1 Å². The van der Waals surface area contributed by atoms with Crippen molar-refractivity contribution in [1.82, 2.24) is 5.23 Å². The Morgan fingerprint density at radius 2 is 2.23 bits per heavy atom. The number of carbonyl (C=O) groups is 1. The summed E-state index contributed by atoms with van der Waals surface area (Å²) in [5.41, 5.74) is 5.29. The van der Waals surface area contributed by atoms with Crippen LogP contribution in [-0.4, -0.2) is 35.7 Å². The fourth-order valence-electron chi connectivity index (χ4n) is 0.924. The number of hydrogen-bond acceptors (Lipinski definition) is 4. The Kier molecular flexibility index (Phi) is 6.57. The second-order valence-electron chi connectivity index (χ2n) is 3.07. The van der Waals surface area contributed by atoms with E-state index in [0.717, 1.165) is 12.8 Å². The Bertz CT molecular complexity index is 155. The van der Waals surface area contributed by atoms with E-state index in [1.807, 2.05) is 0 Å². The average molecular weight is 188 g/mol. The Balaban J connectivity index is 3.21. The SMILES string of the molecule is CB(O)NCCCCC(N)C(=O)O. The van der Waals surface area contributed by atoms with Gasteiger partial charge >= 0.3 is 13.0 Å². The third kappa shape index (κ3) is 7.77. The molecule has 0 aliphatic rings. The molecule has 76 valence electrons. The van der Waals surface area contributed by atoms with E-state index >= 15 is 0 Å². The van der Waals surface area contributed by atoms with Crippen molar-refractivity contribution in [1.29, 1.82) is 0 Å². The van der Waals surface area contributed by atoms with Crippen molar-refractivity contribution in [2.24, 2.45) is 5.73 Å². The lowest BCUT2D eigenvalue weighted by Crippen LogP contribution is -2.32. The monoisotopic (exact) mass is 188 g/mol. The molecule has 0 amide bonds. The number of unbranched alkanes of at least 4 members (excludes halogenated alkanes) is 1. The van der Waals surface area contributed by atoms with Crippen molar-refractivity contribution >= 4 is 13.0 Å². The van der Waals surface area contributed by atoms with Gasteiger partial charge in [-0.05, 0) is 26.2 Å². The van der Waals surface area contributed by atoms with E-state index in [2.05, 4.69) is 5.23 Å². The summed E-state index contributed by atoms with van der Waals surface area (Å²) < 4.78 is 0. The van der Waals surface area contributed by atoms with E-state index in [1.54, 1.807) is 6.82 Å². The van der Waals surface area contributed by atoms with Crippen LogP contribution in [0.15, 0.2) is 0 Å². The van der Waals surface area contributed by atoms with Gasteiger partial charge in [-0.25, -0.2) is 0 Å². The lowest BCUT2D eigenvalue weighted by Gasteiger charge is -2.06. The van der Waals surface area contributed by atoms with E-state index in [9.17, 15) is 4.79 Å². The normalized spacial score (nSPS) is 12.5. The van der Waals surface area contributed by atoms with E-state index in [1.165, 1.54) is 0 Å². The molecule has 0 aromatic carbocycles. The first-order chi connectivity index (χ1) is 6.04. The van der Waals surface area contributed by atoms with Crippen molar-refractivity contribution < 1.29 is 14.9 Å². The van der Waals surface area contributed by atoms with Crippen molar-refractivity contribution in [2.45, 2.75) is 32.1 Å². The summed E-state index contributed by atoms with van der Waals surface area (Å²) in [6.07, 6.45) is 2.07. The number of carboxylic acid groups (broad SMARTS) is 1. The lowest BCUT2D eigenvalue weighted by atomic mass is 9.89. The zero-order valence-electron chi connectivity index (χ0n) is 7.86. The number of nitrogens with two attached hydrogens (primary N) is 1. The predicted molar refractivity (Wildman–Crippen MR) is 51.3 cm³/mol. The van der Waals surface area contributed by atoms with Gasteiger partial charge in [0.15, 0.2) is 0 Å². The first-order valence-corrected chi connectivity index (χ1v) is 4.44. The van der Waals surface area contributed by atoms with Crippen LogP contribution in [0.3, 0.4) is 0 Å². The summed E-state index contributed by atoms with van der Waals surface area (Å²) in [6.45, 7) is 2.33. The number of hydrogen-bond donors (Lipinski definition) is 4. The molecule has 0 aromatic rings. The van der Waals surface area contributed by atoms with Crippen molar-refractivity contribution in [3.05, 3.63) is 0 Å². The molecule has 0 radical (unpaired) electrons. The van der Waals surface area contributed by atoms with Gasteiger partial charge in [-0.3, -0.25) is 4.79 Å². The third-order valence-corrected chi connectivity index (χ3v) is 1.70. The highest BCUT2D eigenvalue weighted by molar-refractivity contribution is 6.45. The molecule has 0 heterocycles. The first kappa shape index (κ1) is 12.4. The average Bonchev–Trinajstić information content (AvgIpc) is 2.02. The van der Waals surface area contributed by atoms with E-state index < -0.39 is 19.1 Å². The summed E-state index contributed by atoms with van der Waals surface area (Å²) in [6, 6.07) is -0.758. The summed E-state index contributed by atoms with van der Waals surface area (Å²) in [4.78, 5) is 10.3. The van der Waals surface area contributed by atoms with Gasteiger partial charge in [-0.2, -0.15) is 0 Å². The highest BCUT2D eigenvalue weighted by Gasteiger charge is 2.10. The highest BCUT2D eigenvalue weighted by atomic mass is 16.4. The van der Waals surface area contributed by atoms with Crippen LogP contribution in [0, 0.1) is 0 Å². The van der Waals surface area contributed by atoms with Crippen molar-refractivity contribution in [3.63, 3.8) is 0 Å². The molecule has 0 aliphatic heterocycles. The molecule has 0 aliphatic carbocycles. The predicted octanol–water partition coefficient (Wildman–Crippen LogP) is -0.731. The topological polar surface area (TPSA) is 95.6 Å². The van der Waals surface area contributed by atoms with Gasteiger partial charge in [0.25, 0.3) is 0 Å². The molecule has 1 unspecified atom stereocenters. The highest BCUT2D eigenvalue weighted by Crippen LogP contribution is 1.98. The van der Waals surface area contributed by atoms with Crippen molar-refractivity contribution in [3.8, 4) is 0 Å². The molecule has 0 bridgehead atoms. The summed E-state index contributed by atoms with van der Waals surface area (Å²) >= 11 is 0. The van der Waals surface area contributed by atoms with Crippen LogP contribution in [0.5, 0.6) is 0 Å². The zero-order chi connectivity index (χ0) is 10.3. The lowest BCUT2D eigenvalue weighted by molar-refractivity contribution is -0.138. The molecule has 0 spiro atoms. The van der Waals surface area contributed by atoms with Crippen LogP contribution < -0.4 is 11.0 Å². The molecule has 0 rings (SSSR count). The largest absolute Gasteiger partial charge is 0.480 e. The maximum absolute atomic E-state index is 10.3. The van der Waals surface area contributed by atoms with Crippen LogP contribution in [0.1, 0.15) is 19.3 Å². The van der Waals surface area contributed by atoms with Crippen LogP contribution in [0.4, 0.5) is 0 Å². The minimum absolute atomic E-state index is 0.483. The van der Waals surface area contributed by atoms with Gasteiger partial charge in [0.1, 0.15) is 6.04 Å². The molecule has 0 fully saturated rings. The number of nitrogens with one attached hydrogen (secondary N) is 1. The second kappa shape index (κ2) is 6.88. The van der Waals surface area contributed by atoms with Crippen LogP contribution in [0.2, 0.25) is 6.82 Å². The number of aliphatic carboxylic acids is 1. The van der Waals surface area contributed by atoms with Gasteiger partial charge in [0.2, 0.25) is 0 Å². The van der Waals surface area contributed by atoms with Gasteiger partial charge in [0.05, 0.1) is 0 Å². The van der Waals surface area contributed by atoms with E-state index in [0.29, 0.717) is 13.0 Å². The number of carboxylic acids is 1. The maximum atomic E-state index is 10.3. The number of rotatable bonds is 7. The summed E-state index contributed by atoms with van der Waals surface area (Å²) in [5, 5.41) is 20.1. The molecular formula is C7H17BN2O3. The van der Waals surface area contributed by atoms with Crippen LogP contribution >= 0.6 is 0 Å². The third-order valence-electron chi connectivity index (χ3n) is 1.70. The molecule has 6 heteroatoms. The second-order valence-corrected chi connectivity index (χ2v) is 3.07. The minimum Gasteiger partial charge on any atom is -0.480 e. The van der Waals surface area contributed by atoms with Gasteiger partial charge in [-0.15, -0.1) is 0 Å². The Labute approximate surface area is 78.4 Å². The van der Waals surface area contributed by atoms with Crippen LogP contribution in [0.25, 0.3) is 0 Å². The van der Waals surface area contributed by atoms with Gasteiger partial charge in [0, 0.05) is 0 Å². The maximum Gasteiger partial charge on any atom is 0.373 e. The minimum atomic E-state index is -0.955. The fourth-order valence-corrected chi connectivity index (χ4v) is 0.924. The molecule has 0 saturated carbocycles. The van der Waals surface area contributed by atoms with Gasteiger partial charge in [-0.1, -0.05) is 6.42 Å². The first-order valence-electron chi connectivity index (χ1n) is 4.44. The Hall–Kier alpha value is -0.585. The summed E-state index contributed by atoms with van der Waals surface area (Å²) in [7, 11) is -0.506. The zero-order valence-corrected chi connectivity index (χ0v) is 7.86. The fraction of sp³-hybridized carbons (Fsp3) is 0.857. The Morgan fingerprint density at radius 3 is 2.69 bits per heavy atom. The van der Waals surface area contributed by atoms with Crippen molar-refractivity contribution in [2.75, 3.05) is 6.54 Å². The van der Waals surface area contributed by atoms with Crippen LogP contribution in [-0.2, 0) is 4.79 Å². The molecular weight excluding hydrogens is 171 g/mol.